The van der Waals surface area contributed by atoms with Gasteiger partial charge in [-0.3, -0.25) is 4.99 Å². The van der Waals surface area contributed by atoms with Crippen LogP contribution in [0, 0.1) is 0 Å². The fourth-order valence-electron chi connectivity index (χ4n) is 2.40. The zero-order valence-corrected chi connectivity index (χ0v) is 19.4. The normalized spacial score (nSPS) is 14.1. The maximum Gasteiger partial charge on any atom is 0.191 e. The molecule has 2 N–H and O–H groups in total. The fourth-order valence-corrected chi connectivity index (χ4v) is 3.18. The van der Waals surface area contributed by atoms with Crippen LogP contribution in [0.2, 0.25) is 0 Å². The molecular weight excluding hydrogens is 465 g/mol. The first-order valence-corrected chi connectivity index (χ1v) is 10.6. The SMILES string of the molecule is CN=C(NCCC(C)c1ccc(OC)cc1)NC(C)CCS(C)(=O)=O.I. The molecule has 0 fully saturated rings. The minimum Gasteiger partial charge on any atom is -0.497 e. The number of rotatable bonds is 9. The van der Waals surface area contributed by atoms with Crippen LogP contribution in [0.15, 0.2) is 29.3 Å². The second-order valence-electron chi connectivity index (χ2n) is 6.43. The Labute approximate surface area is 175 Å². The van der Waals surface area contributed by atoms with Crippen molar-refractivity contribution in [3.05, 3.63) is 29.8 Å². The van der Waals surface area contributed by atoms with Gasteiger partial charge in [-0.15, -0.1) is 24.0 Å². The molecule has 8 heteroatoms. The number of hydrogen-bond acceptors (Lipinski definition) is 4. The van der Waals surface area contributed by atoms with E-state index in [9.17, 15) is 8.42 Å². The first-order chi connectivity index (χ1) is 11.7. The predicted molar refractivity (Wildman–Crippen MR) is 120 cm³/mol. The summed E-state index contributed by atoms with van der Waals surface area (Å²) in [6.07, 6.45) is 2.78. The Kier molecular flexibility index (Phi) is 11.9. The first kappa shape index (κ1) is 25.0. The highest BCUT2D eigenvalue weighted by Gasteiger charge is 2.10. The molecule has 1 aromatic carbocycles. The summed E-state index contributed by atoms with van der Waals surface area (Å²) in [7, 11) is 0.444. The van der Waals surface area contributed by atoms with Gasteiger partial charge in [0, 0.05) is 25.9 Å². The average Bonchev–Trinajstić information content (AvgIpc) is 2.58. The van der Waals surface area contributed by atoms with Gasteiger partial charge in [0.1, 0.15) is 15.6 Å². The molecule has 0 spiro atoms. The molecule has 150 valence electrons. The van der Waals surface area contributed by atoms with Crippen LogP contribution in [-0.2, 0) is 9.84 Å². The maximum atomic E-state index is 11.2. The van der Waals surface area contributed by atoms with Gasteiger partial charge in [-0.1, -0.05) is 19.1 Å². The molecule has 0 aliphatic heterocycles. The highest BCUT2D eigenvalue weighted by molar-refractivity contribution is 14.0. The van der Waals surface area contributed by atoms with Gasteiger partial charge in [-0.2, -0.15) is 0 Å². The van der Waals surface area contributed by atoms with Crippen molar-refractivity contribution in [3.63, 3.8) is 0 Å². The Hall–Kier alpha value is -1.03. The smallest absolute Gasteiger partial charge is 0.191 e. The largest absolute Gasteiger partial charge is 0.497 e. The summed E-state index contributed by atoms with van der Waals surface area (Å²) in [4.78, 5) is 4.19. The number of nitrogens with one attached hydrogen (secondary N) is 2. The number of methoxy groups -OCH3 is 1. The lowest BCUT2D eigenvalue weighted by molar-refractivity contribution is 0.414. The van der Waals surface area contributed by atoms with Crippen LogP contribution in [-0.4, -0.2) is 53.1 Å². The number of nitrogens with zero attached hydrogens (tertiary/aromatic N) is 1. The van der Waals surface area contributed by atoms with Crippen molar-refractivity contribution in [1.82, 2.24) is 10.6 Å². The van der Waals surface area contributed by atoms with Gasteiger partial charge < -0.3 is 15.4 Å². The predicted octanol–water partition coefficient (Wildman–Crippen LogP) is 2.80. The summed E-state index contributed by atoms with van der Waals surface area (Å²) in [6, 6.07) is 8.17. The van der Waals surface area contributed by atoms with E-state index in [-0.39, 0.29) is 35.8 Å². The second kappa shape index (κ2) is 12.4. The third kappa shape index (κ3) is 10.2. The summed E-state index contributed by atoms with van der Waals surface area (Å²) < 4.78 is 27.6. The van der Waals surface area contributed by atoms with Crippen molar-refractivity contribution in [2.45, 2.75) is 38.6 Å². The molecule has 0 aliphatic rings. The molecule has 0 bridgehead atoms. The molecule has 0 radical (unpaired) electrons. The van der Waals surface area contributed by atoms with Crippen molar-refractivity contribution >= 4 is 39.8 Å². The molecule has 26 heavy (non-hydrogen) atoms. The number of hydrogen-bond donors (Lipinski definition) is 2. The molecule has 2 atom stereocenters. The van der Waals surface area contributed by atoms with Crippen molar-refractivity contribution in [1.29, 1.82) is 0 Å². The van der Waals surface area contributed by atoms with Crippen LogP contribution in [0.4, 0.5) is 0 Å². The van der Waals surface area contributed by atoms with E-state index < -0.39 is 9.84 Å². The van der Waals surface area contributed by atoms with Gasteiger partial charge in [0.05, 0.1) is 12.9 Å². The Morgan fingerprint density at radius 2 is 1.81 bits per heavy atom. The lowest BCUT2D eigenvalue weighted by atomic mass is 9.98. The van der Waals surface area contributed by atoms with Crippen molar-refractivity contribution < 1.29 is 13.2 Å². The van der Waals surface area contributed by atoms with Crippen LogP contribution in [0.25, 0.3) is 0 Å². The zero-order chi connectivity index (χ0) is 18.9. The van der Waals surface area contributed by atoms with E-state index in [0.717, 1.165) is 18.7 Å². The average molecular weight is 497 g/mol. The fraction of sp³-hybridized carbons (Fsp3) is 0.611. The van der Waals surface area contributed by atoms with E-state index in [1.54, 1.807) is 14.2 Å². The third-order valence-corrected chi connectivity index (χ3v) is 5.06. The summed E-state index contributed by atoms with van der Waals surface area (Å²) in [5.74, 6) is 2.15. The lowest BCUT2D eigenvalue weighted by Gasteiger charge is -2.19. The van der Waals surface area contributed by atoms with E-state index in [4.69, 9.17) is 4.74 Å². The quantitative estimate of drug-likeness (QED) is 0.312. The summed E-state index contributed by atoms with van der Waals surface area (Å²) in [5, 5.41) is 6.51. The Balaban J connectivity index is 0.00000625. The summed E-state index contributed by atoms with van der Waals surface area (Å²) >= 11 is 0. The number of aliphatic imine (C=N–C) groups is 1. The van der Waals surface area contributed by atoms with E-state index in [0.29, 0.717) is 18.3 Å². The topological polar surface area (TPSA) is 79.8 Å². The van der Waals surface area contributed by atoms with Gasteiger partial charge in [-0.05, 0) is 43.4 Å². The van der Waals surface area contributed by atoms with Crippen molar-refractivity contribution in [3.8, 4) is 5.75 Å². The van der Waals surface area contributed by atoms with Crippen LogP contribution < -0.4 is 15.4 Å². The monoisotopic (exact) mass is 497 g/mol. The van der Waals surface area contributed by atoms with Crippen LogP contribution >= 0.6 is 24.0 Å². The van der Waals surface area contributed by atoms with Crippen molar-refractivity contribution in [2.75, 3.05) is 32.7 Å². The third-order valence-electron chi connectivity index (χ3n) is 4.08. The maximum absolute atomic E-state index is 11.2. The van der Waals surface area contributed by atoms with Gasteiger partial charge in [-0.25, -0.2) is 8.42 Å². The second-order valence-corrected chi connectivity index (χ2v) is 8.69. The number of guanidine groups is 1. The van der Waals surface area contributed by atoms with Gasteiger partial charge in [0.15, 0.2) is 5.96 Å². The molecule has 0 saturated heterocycles. The van der Waals surface area contributed by atoms with Crippen LogP contribution in [0.1, 0.15) is 38.2 Å². The lowest BCUT2D eigenvalue weighted by Crippen LogP contribution is -2.43. The number of benzene rings is 1. The Morgan fingerprint density at radius 1 is 1.19 bits per heavy atom. The molecule has 6 nitrogen and oxygen atoms in total. The zero-order valence-electron chi connectivity index (χ0n) is 16.3. The molecule has 0 aromatic heterocycles. The summed E-state index contributed by atoms with van der Waals surface area (Å²) in [6.45, 7) is 4.93. The molecule has 0 heterocycles. The van der Waals surface area contributed by atoms with E-state index in [1.165, 1.54) is 11.8 Å². The molecule has 1 aromatic rings. The minimum atomic E-state index is -2.93. The standard InChI is InChI=1S/C18H31N3O3S.HI/c1-14(16-6-8-17(24-4)9-7-16)10-12-20-18(19-3)21-15(2)11-13-25(5,22)23;/h6-9,14-15H,10-13H2,1-5H3,(H2,19,20,21);1H. The van der Waals surface area contributed by atoms with E-state index >= 15 is 0 Å². The minimum absolute atomic E-state index is 0. The van der Waals surface area contributed by atoms with Crippen molar-refractivity contribution in [2.24, 2.45) is 4.99 Å². The van der Waals surface area contributed by atoms with Gasteiger partial charge in [0.25, 0.3) is 0 Å². The highest BCUT2D eigenvalue weighted by atomic mass is 127. The number of ether oxygens (including phenoxy) is 1. The van der Waals surface area contributed by atoms with E-state index in [1.807, 2.05) is 19.1 Å². The van der Waals surface area contributed by atoms with Crippen LogP contribution in [0.5, 0.6) is 5.75 Å². The van der Waals surface area contributed by atoms with Gasteiger partial charge >= 0.3 is 0 Å². The molecule has 1 rings (SSSR count). The first-order valence-electron chi connectivity index (χ1n) is 8.54. The number of halogens is 1. The number of sulfone groups is 1. The van der Waals surface area contributed by atoms with Gasteiger partial charge in [0.2, 0.25) is 0 Å². The molecule has 0 aliphatic carbocycles. The summed E-state index contributed by atoms with van der Waals surface area (Å²) in [5.41, 5.74) is 1.27. The van der Waals surface area contributed by atoms with Crippen LogP contribution in [0.3, 0.4) is 0 Å². The molecule has 0 amide bonds. The Morgan fingerprint density at radius 3 is 2.31 bits per heavy atom. The van der Waals surface area contributed by atoms with E-state index in [2.05, 4.69) is 34.7 Å². The molecule has 0 saturated carbocycles. The Bertz CT molecular complexity index is 648. The molecule has 2 unspecified atom stereocenters. The molecular formula is C18H32IN3O3S. The highest BCUT2D eigenvalue weighted by Crippen LogP contribution is 2.21.